The van der Waals surface area contributed by atoms with Crippen molar-refractivity contribution in [2.45, 2.75) is 19.3 Å². The molecule has 0 aromatic heterocycles. The Balaban J connectivity index is 1.70. The predicted molar refractivity (Wildman–Crippen MR) is 87.1 cm³/mol. The smallest absolute Gasteiger partial charge is 0.228 e. The SMILES string of the molecule is Cc1ccccc1NC(=O)[C@H]1C[C@@H]1c1cc(Cl)cc(Cl)c1. The van der Waals surface area contributed by atoms with Crippen LogP contribution in [0.1, 0.15) is 23.5 Å². The van der Waals surface area contributed by atoms with E-state index in [1.807, 2.05) is 43.3 Å². The molecule has 0 saturated heterocycles. The van der Waals surface area contributed by atoms with E-state index < -0.39 is 0 Å². The van der Waals surface area contributed by atoms with Gasteiger partial charge in [0.05, 0.1) is 0 Å². The number of anilines is 1. The molecule has 108 valence electrons. The van der Waals surface area contributed by atoms with Crippen LogP contribution in [0.3, 0.4) is 0 Å². The van der Waals surface area contributed by atoms with Crippen LogP contribution in [-0.4, -0.2) is 5.91 Å². The Hall–Kier alpha value is -1.51. The van der Waals surface area contributed by atoms with Crippen molar-refractivity contribution in [3.8, 4) is 0 Å². The van der Waals surface area contributed by atoms with Gasteiger partial charge in [0.25, 0.3) is 0 Å². The molecular weight excluding hydrogens is 305 g/mol. The lowest BCUT2D eigenvalue weighted by Crippen LogP contribution is -2.15. The van der Waals surface area contributed by atoms with Crippen LogP contribution in [0, 0.1) is 12.8 Å². The highest BCUT2D eigenvalue weighted by Crippen LogP contribution is 2.49. The Morgan fingerprint density at radius 3 is 2.48 bits per heavy atom. The van der Waals surface area contributed by atoms with E-state index in [2.05, 4.69) is 5.32 Å². The number of halogens is 2. The van der Waals surface area contributed by atoms with Gasteiger partial charge >= 0.3 is 0 Å². The summed E-state index contributed by atoms with van der Waals surface area (Å²) in [5.41, 5.74) is 2.98. The van der Waals surface area contributed by atoms with E-state index in [1.54, 1.807) is 6.07 Å². The average Bonchev–Trinajstić information content (AvgIpc) is 3.20. The third kappa shape index (κ3) is 3.22. The fraction of sp³-hybridized carbons (Fsp3) is 0.235. The van der Waals surface area contributed by atoms with E-state index in [4.69, 9.17) is 23.2 Å². The molecular formula is C17H15Cl2NO. The standard InChI is InChI=1S/C17H15Cl2NO/c1-10-4-2-3-5-16(10)20-17(21)15-9-14(15)11-6-12(18)8-13(19)7-11/h2-8,14-15H,9H2,1H3,(H,20,21)/t14-,15+/m1/s1. The van der Waals surface area contributed by atoms with Crippen molar-refractivity contribution >= 4 is 34.8 Å². The molecule has 2 aromatic carbocycles. The van der Waals surface area contributed by atoms with E-state index in [-0.39, 0.29) is 17.7 Å². The van der Waals surface area contributed by atoms with Crippen molar-refractivity contribution in [2.24, 2.45) is 5.92 Å². The number of rotatable bonds is 3. The quantitative estimate of drug-likeness (QED) is 0.843. The van der Waals surface area contributed by atoms with Gasteiger partial charge in [0.1, 0.15) is 0 Å². The molecule has 0 heterocycles. The van der Waals surface area contributed by atoms with Crippen LogP contribution in [0.4, 0.5) is 5.69 Å². The van der Waals surface area contributed by atoms with Crippen LogP contribution >= 0.6 is 23.2 Å². The molecule has 1 saturated carbocycles. The van der Waals surface area contributed by atoms with Crippen LogP contribution in [0.25, 0.3) is 0 Å². The van der Waals surface area contributed by atoms with Crippen molar-refractivity contribution < 1.29 is 4.79 Å². The second kappa shape index (κ2) is 5.70. The summed E-state index contributed by atoms with van der Waals surface area (Å²) in [5, 5.41) is 4.22. The minimum atomic E-state index is -0.000797. The fourth-order valence-corrected chi connectivity index (χ4v) is 3.12. The number of nitrogens with one attached hydrogen (secondary N) is 1. The molecule has 0 bridgehead atoms. The molecule has 1 N–H and O–H groups in total. The van der Waals surface area contributed by atoms with E-state index in [9.17, 15) is 4.79 Å². The largest absolute Gasteiger partial charge is 0.326 e. The van der Waals surface area contributed by atoms with Crippen LogP contribution in [0.15, 0.2) is 42.5 Å². The zero-order chi connectivity index (χ0) is 15.0. The molecule has 1 fully saturated rings. The number of hydrogen-bond acceptors (Lipinski definition) is 1. The highest BCUT2D eigenvalue weighted by molar-refractivity contribution is 6.34. The first kappa shape index (κ1) is 14.4. The summed E-state index contributed by atoms with van der Waals surface area (Å²) in [7, 11) is 0. The summed E-state index contributed by atoms with van der Waals surface area (Å²) < 4.78 is 0. The first-order valence-electron chi connectivity index (χ1n) is 6.87. The normalized spacial score (nSPS) is 20.1. The van der Waals surface area contributed by atoms with Gasteiger partial charge in [-0.25, -0.2) is 0 Å². The molecule has 2 nitrogen and oxygen atoms in total. The molecule has 0 spiro atoms. The van der Waals surface area contributed by atoms with Gasteiger partial charge in [-0.05, 0) is 54.7 Å². The highest BCUT2D eigenvalue weighted by atomic mass is 35.5. The Kier molecular flexibility index (Phi) is 3.92. The molecule has 0 unspecified atom stereocenters. The summed E-state index contributed by atoms with van der Waals surface area (Å²) in [6.07, 6.45) is 0.842. The topological polar surface area (TPSA) is 29.1 Å². The lowest BCUT2D eigenvalue weighted by atomic mass is 10.1. The molecule has 0 radical (unpaired) electrons. The zero-order valence-electron chi connectivity index (χ0n) is 11.6. The minimum Gasteiger partial charge on any atom is -0.326 e. The molecule has 2 atom stereocenters. The van der Waals surface area contributed by atoms with Gasteiger partial charge in [-0.1, -0.05) is 41.4 Å². The maximum absolute atomic E-state index is 12.3. The van der Waals surface area contributed by atoms with Crippen molar-refractivity contribution in [3.05, 3.63) is 63.6 Å². The van der Waals surface area contributed by atoms with Crippen molar-refractivity contribution in [1.82, 2.24) is 0 Å². The third-order valence-electron chi connectivity index (χ3n) is 3.84. The third-order valence-corrected chi connectivity index (χ3v) is 4.28. The summed E-state index contributed by atoms with van der Waals surface area (Å²) in [4.78, 5) is 12.3. The van der Waals surface area contributed by atoms with Crippen molar-refractivity contribution in [2.75, 3.05) is 5.32 Å². The van der Waals surface area contributed by atoms with E-state index in [0.717, 1.165) is 23.2 Å². The number of benzene rings is 2. The molecule has 1 amide bonds. The Bertz CT molecular complexity index is 679. The van der Waals surface area contributed by atoms with Crippen molar-refractivity contribution in [3.63, 3.8) is 0 Å². The molecule has 2 aromatic rings. The molecule has 1 aliphatic carbocycles. The van der Waals surface area contributed by atoms with E-state index in [1.165, 1.54) is 0 Å². The molecule has 3 rings (SSSR count). The highest BCUT2D eigenvalue weighted by Gasteiger charge is 2.44. The number of para-hydroxylation sites is 1. The Morgan fingerprint density at radius 2 is 1.81 bits per heavy atom. The van der Waals surface area contributed by atoms with E-state index in [0.29, 0.717) is 10.0 Å². The minimum absolute atomic E-state index is 0.000797. The van der Waals surface area contributed by atoms with Crippen LogP contribution < -0.4 is 5.32 Å². The molecule has 1 aliphatic rings. The van der Waals surface area contributed by atoms with E-state index >= 15 is 0 Å². The lowest BCUT2D eigenvalue weighted by molar-refractivity contribution is -0.117. The number of carbonyl (C=O) groups is 1. The fourth-order valence-electron chi connectivity index (χ4n) is 2.58. The second-order valence-corrected chi connectivity index (χ2v) is 6.33. The van der Waals surface area contributed by atoms with Crippen LogP contribution in [0.2, 0.25) is 10.0 Å². The Morgan fingerprint density at radius 1 is 1.14 bits per heavy atom. The molecule has 21 heavy (non-hydrogen) atoms. The van der Waals surface area contributed by atoms with Gasteiger partial charge in [-0.2, -0.15) is 0 Å². The number of carbonyl (C=O) groups excluding carboxylic acids is 1. The van der Waals surface area contributed by atoms with Gasteiger partial charge in [0, 0.05) is 21.7 Å². The first-order chi connectivity index (χ1) is 10.0. The van der Waals surface area contributed by atoms with Crippen molar-refractivity contribution in [1.29, 1.82) is 0 Å². The van der Waals surface area contributed by atoms with Crippen LogP contribution in [0.5, 0.6) is 0 Å². The van der Waals surface area contributed by atoms with Gasteiger partial charge in [-0.15, -0.1) is 0 Å². The van der Waals surface area contributed by atoms with Crippen LogP contribution in [-0.2, 0) is 4.79 Å². The maximum atomic E-state index is 12.3. The summed E-state index contributed by atoms with van der Waals surface area (Å²) in [6, 6.07) is 13.3. The monoisotopic (exact) mass is 319 g/mol. The average molecular weight is 320 g/mol. The summed E-state index contributed by atoms with van der Waals surface area (Å²) in [6.45, 7) is 1.98. The van der Waals surface area contributed by atoms with Gasteiger partial charge < -0.3 is 5.32 Å². The molecule has 4 heteroatoms. The van der Waals surface area contributed by atoms with Gasteiger partial charge in [0.2, 0.25) is 5.91 Å². The van der Waals surface area contributed by atoms with Gasteiger partial charge in [-0.3, -0.25) is 4.79 Å². The zero-order valence-corrected chi connectivity index (χ0v) is 13.1. The number of aryl methyl sites for hydroxylation is 1. The summed E-state index contributed by atoms with van der Waals surface area (Å²) >= 11 is 12.0. The number of amides is 1. The lowest BCUT2D eigenvalue weighted by Gasteiger charge is -2.08. The predicted octanol–water partition coefficient (Wildman–Crippen LogP) is 5.04. The Labute approximate surface area is 134 Å². The first-order valence-corrected chi connectivity index (χ1v) is 7.62. The second-order valence-electron chi connectivity index (χ2n) is 5.46. The maximum Gasteiger partial charge on any atom is 0.228 e. The molecule has 0 aliphatic heterocycles. The van der Waals surface area contributed by atoms with Gasteiger partial charge in [0.15, 0.2) is 0 Å². The number of hydrogen-bond donors (Lipinski definition) is 1. The summed E-state index contributed by atoms with van der Waals surface area (Å²) in [5.74, 6) is 0.273.